The number of nitrogens with two attached hydrogens (primary N) is 1. The number of ether oxygens (including phenoxy) is 1. The maximum absolute atomic E-state index is 11.7. The van der Waals surface area contributed by atoms with Gasteiger partial charge in [-0.15, -0.1) is 0 Å². The molecule has 0 amide bonds. The molecule has 1 aromatic rings. The summed E-state index contributed by atoms with van der Waals surface area (Å²) >= 11 is 11.5. The summed E-state index contributed by atoms with van der Waals surface area (Å²) < 4.78 is 5.11. The third kappa shape index (κ3) is 3.25. The van der Waals surface area contributed by atoms with Gasteiger partial charge in [-0.2, -0.15) is 0 Å². The molecular formula is C10H12Cl2N2O2. The number of halogens is 2. The first kappa shape index (κ1) is 13.1. The van der Waals surface area contributed by atoms with Gasteiger partial charge in [0.05, 0.1) is 10.7 Å². The van der Waals surface area contributed by atoms with Gasteiger partial charge in [0.25, 0.3) is 0 Å². The van der Waals surface area contributed by atoms with Crippen LogP contribution in [0.15, 0.2) is 6.07 Å². The zero-order valence-corrected chi connectivity index (χ0v) is 10.7. The quantitative estimate of drug-likeness (QED) is 0.625. The van der Waals surface area contributed by atoms with Crippen molar-refractivity contribution in [2.45, 2.75) is 26.4 Å². The number of esters is 1. The number of carbonyl (C=O) groups is 1. The largest absolute Gasteiger partial charge is 0.455 e. The molecule has 0 saturated carbocycles. The lowest BCUT2D eigenvalue weighted by Gasteiger charge is -2.19. The molecule has 0 bridgehead atoms. The lowest BCUT2D eigenvalue weighted by molar-refractivity contribution is 0.00631. The van der Waals surface area contributed by atoms with Crippen LogP contribution in [-0.4, -0.2) is 16.6 Å². The predicted molar refractivity (Wildman–Crippen MR) is 63.8 cm³/mol. The Kier molecular flexibility index (Phi) is 3.65. The molecule has 88 valence electrons. The summed E-state index contributed by atoms with van der Waals surface area (Å²) in [6.07, 6.45) is 0. The first-order valence-electron chi connectivity index (χ1n) is 4.55. The van der Waals surface area contributed by atoms with Gasteiger partial charge in [-0.05, 0) is 26.8 Å². The average molecular weight is 263 g/mol. The fourth-order valence-electron chi connectivity index (χ4n) is 0.978. The summed E-state index contributed by atoms with van der Waals surface area (Å²) in [4.78, 5) is 15.5. The van der Waals surface area contributed by atoms with E-state index in [4.69, 9.17) is 33.7 Å². The van der Waals surface area contributed by atoms with Crippen molar-refractivity contribution in [3.63, 3.8) is 0 Å². The Morgan fingerprint density at radius 1 is 1.44 bits per heavy atom. The molecule has 1 aromatic heterocycles. The van der Waals surface area contributed by atoms with Gasteiger partial charge in [-0.3, -0.25) is 0 Å². The SMILES string of the molecule is CC(C)(C)OC(=O)c1nc(Cl)cc(N)c1Cl. The standard InChI is InChI=1S/C10H12Cl2N2O2/c1-10(2,3)16-9(15)8-7(12)5(13)4-6(11)14-8/h4H,1-3H3,(H2,13,14). The highest BCUT2D eigenvalue weighted by Crippen LogP contribution is 2.26. The highest BCUT2D eigenvalue weighted by Gasteiger charge is 2.22. The number of aromatic nitrogens is 1. The molecule has 4 nitrogen and oxygen atoms in total. The van der Waals surface area contributed by atoms with Crippen LogP contribution in [0.1, 0.15) is 31.3 Å². The summed E-state index contributed by atoms with van der Waals surface area (Å²) in [7, 11) is 0. The minimum absolute atomic E-state index is 0.0543. The average Bonchev–Trinajstić information content (AvgIpc) is 2.08. The lowest BCUT2D eigenvalue weighted by Crippen LogP contribution is -2.24. The molecule has 0 spiro atoms. The van der Waals surface area contributed by atoms with E-state index in [9.17, 15) is 4.79 Å². The van der Waals surface area contributed by atoms with Crippen LogP contribution in [0.2, 0.25) is 10.2 Å². The summed E-state index contributed by atoms with van der Waals surface area (Å²) in [5.41, 5.74) is 5.06. The zero-order valence-electron chi connectivity index (χ0n) is 9.17. The van der Waals surface area contributed by atoms with E-state index in [0.29, 0.717) is 0 Å². The Hall–Kier alpha value is -1.00. The molecule has 2 N–H and O–H groups in total. The fourth-order valence-corrected chi connectivity index (χ4v) is 1.35. The smallest absolute Gasteiger partial charge is 0.359 e. The van der Waals surface area contributed by atoms with Gasteiger partial charge >= 0.3 is 5.97 Å². The molecule has 1 rings (SSSR count). The molecule has 1 heterocycles. The fraction of sp³-hybridized carbons (Fsp3) is 0.400. The van der Waals surface area contributed by atoms with Crippen molar-refractivity contribution < 1.29 is 9.53 Å². The van der Waals surface area contributed by atoms with E-state index in [1.54, 1.807) is 20.8 Å². The van der Waals surface area contributed by atoms with Crippen molar-refractivity contribution >= 4 is 34.9 Å². The second-order valence-electron chi connectivity index (χ2n) is 4.20. The third-order valence-electron chi connectivity index (χ3n) is 1.55. The van der Waals surface area contributed by atoms with Crippen LogP contribution in [0, 0.1) is 0 Å². The molecular weight excluding hydrogens is 251 g/mol. The Morgan fingerprint density at radius 2 is 2.00 bits per heavy atom. The van der Waals surface area contributed by atoms with Crippen molar-refractivity contribution in [1.29, 1.82) is 0 Å². The van der Waals surface area contributed by atoms with Gasteiger partial charge in [0.2, 0.25) is 0 Å². The molecule has 0 aliphatic carbocycles. The second-order valence-corrected chi connectivity index (χ2v) is 4.96. The molecule has 0 atom stereocenters. The highest BCUT2D eigenvalue weighted by molar-refractivity contribution is 6.37. The second kappa shape index (κ2) is 4.47. The minimum Gasteiger partial charge on any atom is -0.455 e. The van der Waals surface area contributed by atoms with Crippen LogP contribution in [-0.2, 0) is 4.74 Å². The van der Waals surface area contributed by atoms with Crippen LogP contribution in [0.3, 0.4) is 0 Å². The van der Waals surface area contributed by atoms with Gasteiger partial charge in [0.1, 0.15) is 10.8 Å². The van der Waals surface area contributed by atoms with Crippen molar-refractivity contribution in [2.24, 2.45) is 0 Å². The van der Waals surface area contributed by atoms with Gasteiger partial charge < -0.3 is 10.5 Å². The van der Waals surface area contributed by atoms with Gasteiger partial charge in [0, 0.05) is 0 Å². The number of hydrogen-bond acceptors (Lipinski definition) is 4. The molecule has 0 aliphatic rings. The number of hydrogen-bond donors (Lipinski definition) is 1. The first-order valence-corrected chi connectivity index (χ1v) is 5.31. The number of nitrogens with zero attached hydrogens (tertiary/aromatic N) is 1. The van der Waals surface area contributed by atoms with E-state index in [2.05, 4.69) is 4.98 Å². The lowest BCUT2D eigenvalue weighted by atomic mass is 10.2. The van der Waals surface area contributed by atoms with Crippen molar-refractivity contribution in [3.05, 3.63) is 21.9 Å². The molecule has 0 fully saturated rings. The monoisotopic (exact) mass is 262 g/mol. The van der Waals surface area contributed by atoms with E-state index >= 15 is 0 Å². The number of carbonyl (C=O) groups excluding carboxylic acids is 1. The normalized spacial score (nSPS) is 11.3. The Bertz CT molecular complexity index is 428. The summed E-state index contributed by atoms with van der Waals surface area (Å²) in [5.74, 6) is -0.647. The van der Waals surface area contributed by atoms with E-state index in [1.807, 2.05) is 0 Å². The van der Waals surface area contributed by atoms with E-state index in [1.165, 1.54) is 6.07 Å². The minimum atomic E-state index is -0.647. The van der Waals surface area contributed by atoms with Crippen molar-refractivity contribution in [3.8, 4) is 0 Å². The van der Waals surface area contributed by atoms with Crippen LogP contribution in [0.5, 0.6) is 0 Å². The van der Waals surface area contributed by atoms with Gasteiger partial charge in [-0.1, -0.05) is 23.2 Å². The molecule has 0 unspecified atom stereocenters. The highest BCUT2D eigenvalue weighted by atomic mass is 35.5. The number of rotatable bonds is 1. The summed E-state index contributed by atoms with van der Waals surface area (Å²) in [6, 6.07) is 1.37. The van der Waals surface area contributed by atoms with E-state index < -0.39 is 11.6 Å². The van der Waals surface area contributed by atoms with Gasteiger partial charge in [-0.25, -0.2) is 9.78 Å². The Morgan fingerprint density at radius 3 is 2.50 bits per heavy atom. The van der Waals surface area contributed by atoms with Crippen molar-refractivity contribution in [2.75, 3.05) is 5.73 Å². The molecule has 0 aromatic carbocycles. The van der Waals surface area contributed by atoms with Crippen LogP contribution in [0.4, 0.5) is 5.69 Å². The van der Waals surface area contributed by atoms with Crippen LogP contribution < -0.4 is 5.73 Å². The molecule has 16 heavy (non-hydrogen) atoms. The van der Waals surface area contributed by atoms with E-state index in [0.717, 1.165) is 0 Å². The maximum atomic E-state index is 11.7. The Balaban J connectivity index is 3.09. The molecule has 0 aliphatic heterocycles. The number of nitrogen functional groups attached to an aromatic ring is 1. The topological polar surface area (TPSA) is 65.2 Å². The first-order chi connectivity index (χ1) is 7.20. The number of pyridine rings is 1. The van der Waals surface area contributed by atoms with Crippen molar-refractivity contribution in [1.82, 2.24) is 4.98 Å². The maximum Gasteiger partial charge on any atom is 0.359 e. The third-order valence-corrected chi connectivity index (χ3v) is 2.14. The number of anilines is 1. The summed E-state index contributed by atoms with van der Waals surface area (Å²) in [6.45, 7) is 5.23. The molecule has 0 radical (unpaired) electrons. The van der Waals surface area contributed by atoms with Crippen LogP contribution >= 0.6 is 23.2 Å². The Labute approximate surface area is 104 Å². The predicted octanol–water partition coefficient (Wildman–Crippen LogP) is 2.93. The zero-order chi connectivity index (χ0) is 12.5. The summed E-state index contributed by atoms with van der Waals surface area (Å²) in [5, 5.41) is 0.154. The van der Waals surface area contributed by atoms with Gasteiger partial charge in [0.15, 0.2) is 5.69 Å². The van der Waals surface area contributed by atoms with E-state index in [-0.39, 0.29) is 21.6 Å². The molecule has 0 saturated heterocycles. The van der Waals surface area contributed by atoms with Crippen LogP contribution in [0.25, 0.3) is 0 Å². The molecule has 6 heteroatoms.